The first-order valence-corrected chi connectivity index (χ1v) is 6.32. The maximum absolute atomic E-state index is 11.3. The van der Waals surface area contributed by atoms with Gasteiger partial charge in [0.15, 0.2) is 0 Å². The molecule has 2 amide bonds. The Balaban J connectivity index is 3.56. The molecule has 0 aromatic heterocycles. The number of carboxylic acid groups (broad SMARTS) is 1. The van der Waals surface area contributed by atoms with Crippen LogP contribution in [0.3, 0.4) is 0 Å². The van der Waals surface area contributed by atoms with Crippen molar-refractivity contribution in [2.75, 3.05) is 19.8 Å². The number of nitrogens with one attached hydrogen (secondary N) is 2. The van der Waals surface area contributed by atoms with Crippen LogP contribution in [0.1, 0.15) is 33.6 Å². The summed E-state index contributed by atoms with van der Waals surface area (Å²) in [6, 6.07) is -1.32. The van der Waals surface area contributed by atoms with Gasteiger partial charge in [-0.2, -0.15) is 0 Å². The van der Waals surface area contributed by atoms with E-state index in [1.807, 2.05) is 0 Å². The van der Waals surface area contributed by atoms with E-state index >= 15 is 0 Å². The fourth-order valence-electron chi connectivity index (χ4n) is 1.21. The molecular formula is C12H24N2O4. The Kier molecular flexibility index (Phi) is 9.00. The molecule has 0 spiro atoms. The Labute approximate surface area is 108 Å². The number of carboxylic acids is 1. The van der Waals surface area contributed by atoms with E-state index in [4.69, 9.17) is 9.84 Å². The summed E-state index contributed by atoms with van der Waals surface area (Å²) in [6.07, 6.45) is 1.34. The molecular weight excluding hydrogens is 236 g/mol. The van der Waals surface area contributed by atoms with E-state index in [0.29, 0.717) is 32.1 Å². The molecule has 0 bridgehead atoms. The lowest BCUT2D eigenvalue weighted by molar-refractivity contribution is -0.139. The molecule has 0 rings (SSSR count). The summed E-state index contributed by atoms with van der Waals surface area (Å²) in [6.45, 7) is 7.42. The van der Waals surface area contributed by atoms with Gasteiger partial charge in [-0.25, -0.2) is 9.59 Å². The van der Waals surface area contributed by atoms with Gasteiger partial charge in [-0.1, -0.05) is 20.8 Å². The Morgan fingerprint density at radius 3 is 2.44 bits per heavy atom. The number of urea groups is 1. The van der Waals surface area contributed by atoms with Crippen LogP contribution in [0.2, 0.25) is 0 Å². The number of ether oxygens (including phenoxy) is 1. The zero-order valence-corrected chi connectivity index (χ0v) is 11.4. The Bertz CT molecular complexity index is 256. The molecule has 6 heteroatoms. The van der Waals surface area contributed by atoms with Gasteiger partial charge < -0.3 is 20.5 Å². The molecule has 0 aromatic carbocycles. The predicted octanol–water partition coefficient (Wildman–Crippen LogP) is 1.21. The summed E-state index contributed by atoms with van der Waals surface area (Å²) in [4.78, 5) is 22.0. The van der Waals surface area contributed by atoms with Crippen molar-refractivity contribution < 1.29 is 19.4 Å². The highest BCUT2D eigenvalue weighted by Crippen LogP contribution is 1.98. The van der Waals surface area contributed by atoms with Crippen LogP contribution >= 0.6 is 0 Å². The second-order valence-electron chi connectivity index (χ2n) is 4.49. The molecule has 6 nitrogen and oxygen atoms in total. The Morgan fingerprint density at radius 1 is 1.28 bits per heavy atom. The maximum Gasteiger partial charge on any atom is 0.326 e. The minimum atomic E-state index is -1.03. The molecule has 0 aliphatic rings. The average molecular weight is 260 g/mol. The molecule has 0 aliphatic carbocycles. The number of amides is 2. The molecule has 18 heavy (non-hydrogen) atoms. The van der Waals surface area contributed by atoms with Crippen molar-refractivity contribution in [2.45, 2.75) is 39.7 Å². The van der Waals surface area contributed by atoms with Crippen molar-refractivity contribution in [1.82, 2.24) is 10.6 Å². The highest BCUT2D eigenvalue weighted by molar-refractivity contribution is 5.82. The van der Waals surface area contributed by atoms with Crippen LogP contribution in [-0.2, 0) is 9.53 Å². The highest BCUT2D eigenvalue weighted by Gasteiger charge is 2.16. The summed E-state index contributed by atoms with van der Waals surface area (Å²) >= 11 is 0. The van der Waals surface area contributed by atoms with Crippen molar-refractivity contribution in [2.24, 2.45) is 5.92 Å². The first-order chi connectivity index (χ1) is 8.47. The summed E-state index contributed by atoms with van der Waals surface area (Å²) in [5.74, 6) is -0.428. The van der Waals surface area contributed by atoms with Crippen molar-refractivity contribution in [3.05, 3.63) is 0 Å². The van der Waals surface area contributed by atoms with E-state index in [-0.39, 0.29) is 0 Å². The number of hydrogen-bond donors (Lipinski definition) is 3. The van der Waals surface area contributed by atoms with Gasteiger partial charge in [0, 0.05) is 13.2 Å². The van der Waals surface area contributed by atoms with Crippen LogP contribution in [0.15, 0.2) is 0 Å². The number of hydrogen-bond acceptors (Lipinski definition) is 3. The second-order valence-corrected chi connectivity index (χ2v) is 4.49. The van der Waals surface area contributed by atoms with Gasteiger partial charge in [0.2, 0.25) is 0 Å². The first-order valence-electron chi connectivity index (χ1n) is 6.32. The number of carbonyl (C=O) groups excluding carboxylic acids is 1. The summed E-state index contributed by atoms with van der Waals surface area (Å²) in [5.41, 5.74) is 0. The number of aliphatic carboxylic acids is 1. The molecule has 0 fully saturated rings. The summed E-state index contributed by atoms with van der Waals surface area (Å²) in [5, 5.41) is 13.7. The quantitative estimate of drug-likeness (QED) is 0.544. The number of rotatable bonds is 9. The third-order valence-electron chi connectivity index (χ3n) is 2.38. The van der Waals surface area contributed by atoms with Crippen LogP contribution in [0.4, 0.5) is 4.79 Å². The fraction of sp³-hybridized carbons (Fsp3) is 0.833. The van der Waals surface area contributed by atoms with E-state index in [9.17, 15) is 9.59 Å². The normalized spacial score (nSPS) is 12.2. The minimum absolute atomic E-state index is 0.355. The minimum Gasteiger partial charge on any atom is -0.480 e. The Morgan fingerprint density at radius 2 is 1.94 bits per heavy atom. The van der Waals surface area contributed by atoms with Gasteiger partial charge in [-0.3, -0.25) is 0 Å². The predicted molar refractivity (Wildman–Crippen MR) is 68.5 cm³/mol. The molecule has 0 aliphatic heterocycles. The van der Waals surface area contributed by atoms with Crippen molar-refractivity contribution >= 4 is 12.0 Å². The standard InChI is InChI=1S/C12H24N2O4/c1-4-10(11(15)16)14-12(17)13-6-8-18-7-5-9(2)3/h9-10H,4-8H2,1-3H3,(H,15,16)(H2,13,14,17)/t10-/m0/s1. The van der Waals surface area contributed by atoms with Crippen molar-refractivity contribution in [3.63, 3.8) is 0 Å². The number of carbonyl (C=O) groups is 2. The van der Waals surface area contributed by atoms with E-state index in [1.165, 1.54) is 0 Å². The van der Waals surface area contributed by atoms with E-state index in [1.54, 1.807) is 6.92 Å². The van der Waals surface area contributed by atoms with Gasteiger partial charge in [0.1, 0.15) is 6.04 Å². The third-order valence-corrected chi connectivity index (χ3v) is 2.38. The molecule has 0 heterocycles. The molecule has 0 saturated carbocycles. The third kappa shape index (κ3) is 8.81. The van der Waals surface area contributed by atoms with E-state index < -0.39 is 18.0 Å². The van der Waals surface area contributed by atoms with Gasteiger partial charge in [-0.05, 0) is 18.8 Å². The van der Waals surface area contributed by atoms with Crippen LogP contribution in [0.5, 0.6) is 0 Å². The molecule has 0 aromatic rings. The Hall–Kier alpha value is -1.30. The van der Waals surface area contributed by atoms with Crippen LogP contribution in [-0.4, -0.2) is 42.9 Å². The lowest BCUT2D eigenvalue weighted by atomic mass is 10.1. The molecule has 1 atom stereocenters. The largest absolute Gasteiger partial charge is 0.480 e. The van der Waals surface area contributed by atoms with E-state index in [0.717, 1.165) is 6.42 Å². The van der Waals surface area contributed by atoms with Crippen LogP contribution in [0, 0.1) is 5.92 Å². The van der Waals surface area contributed by atoms with Gasteiger partial charge in [0.25, 0.3) is 0 Å². The topological polar surface area (TPSA) is 87.7 Å². The summed E-state index contributed by atoms with van der Waals surface area (Å²) in [7, 11) is 0. The maximum atomic E-state index is 11.3. The zero-order chi connectivity index (χ0) is 14.0. The van der Waals surface area contributed by atoms with Crippen LogP contribution < -0.4 is 10.6 Å². The smallest absolute Gasteiger partial charge is 0.326 e. The molecule has 106 valence electrons. The lowest BCUT2D eigenvalue weighted by Gasteiger charge is -2.13. The molecule has 3 N–H and O–H groups in total. The second kappa shape index (κ2) is 9.70. The van der Waals surface area contributed by atoms with Gasteiger partial charge >= 0.3 is 12.0 Å². The monoisotopic (exact) mass is 260 g/mol. The SMILES string of the molecule is CC[C@H](NC(=O)NCCOCCC(C)C)C(=O)O. The van der Waals surface area contributed by atoms with Gasteiger partial charge in [0.05, 0.1) is 6.61 Å². The average Bonchev–Trinajstić information content (AvgIpc) is 2.29. The summed E-state index contributed by atoms with van der Waals surface area (Å²) < 4.78 is 5.31. The molecule has 0 radical (unpaired) electrons. The van der Waals surface area contributed by atoms with E-state index in [2.05, 4.69) is 24.5 Å². The van der Waals surface area contributed by atoms with Crippen molar-refractivity contribution in [1.29, 1.82) is 0 Å². The van der Waals surface area contributed by atoms with Gasteiger partial charge in [-0.15, -0.1) is 0 Å². The fourth-order valence-corrected chi connectivity index (χ4v) is 1.21. The van der Waals surface area contributed by atoms with Crippen molar-refractivity contribution in [3.8, 4) is 0 Å². The lowest BCUT2D eigenvalue weighted by Crippen LogP contribution is -2.46. The highest BCUT2D eigenvalue weighted by atomic mass is 16.5. The molecule has 0 unspecified atom stereocenters. The first kappa shape index (κ1) is 16.7. The molecule has 0 saturated heterocycles. The van der Waals surface area contributed by atoms with Crippen LogP contribution in [0.25, 0.3) is 0 Å². The zero-order valence-electron chi connectivity index (χ0n) is 11.4.